The number of anilines is 1. The van der Waals surface area contributed by atoms with Crippen LogP contribution in [0.1, 0.15) is 31.7 Å². The van der Waals surface area contributed by atoms with E-state index in [0.29, 0.717) is 0 Å². The van der Waals surface area contributed by atoms with E-state index in [1.54, 1.807) is 0 Å². The Balaban J connectivity index is 2.75. The van der Waals surface area contributed by atoms with Crippen LogP contribution in [-0.4, -0.2) is 22.8 Å². The summed E-state index contributed by atoms with van der Waals surface area (Å²) in [5, 5.41) is 4.22. The summed E-state index contributed by atoms with van der Waals surface area (Å²) in [6.07, 6.45) is 1.22. The van der Waals surface area contributed by atoms with Crippen LogP contribution in [0.4, 0.5) is 5.82 Å². The second-order valence-electron chi connectivity index (χ2n) is 4.33. The Morgan fingerprint density at radius 3 is 2.50 bits per heavy atom. The van der Waals surface area contributed by atoms with Crippen molar-refractivity contribution in [2.75, 3.05) is 18.1 Å². The van der Waals surface area contributed by atoms with Gasteiger partial charge in [0.15, 0.2) is 0 Å². The first-order valence-corrected chi connectivity index (χ1v) is 6.69. The monoisotopic (exact) mass is 239 g/mol. The van der Waals surface area contributed by atoms with Gasteiger partial charge in [0.2, 0.25) is 0 Å². The van der Waals surface area contributed by atoms with E-state index in [-0.39, 0.29) is 0 Å². The Morgan fingerprint density at radius 2 is 1.94 bits per heavy atom. The fourth-order valence-corrected chi connectivity index (χ4v) is 2.67. The first-order valence-electron chi connectivity index (χ1n) is 5.70. The van der Waals surface area contributed by atoms with Gasteiger partial charge in [0.25, 0.3) is 0 Å². The summed E-state index contributed by atoms with van der Waals surface area (Å²) in [7, 11) is 1.90. The molecule has 0 aromatic carbocycles. The number of nitrogens with zero attached hydrogens (tertiary/aromatic N) is 2. The van der Waals surface area contributed by atoms with Crippen LogP contribution in [0.15, 0.2) is 5.03 Å². The minimum Gasteiger partial charge on any atom is -0.373 e. The van der Waals surface area contributed by atoms with Crippen molar-refractivity contribution < 1.29 is 0 Å². The van der Waals surface area contributed by atoms with Crippen LogP contribution in [-0.2, 0) is 0 Å². The highest BCUT2D eigenvalue weighted by Crippen LogP contribution is 2.25. The number of hydrogen-bond donors (Lipinski definition) is 1. The van der Waals surface area contributed by atoms with Gasteiger partial charge in [-0.05, 0) is 31.9 Å². The summed E-state index contributed by atoms with van der Waals surface area (Å²) in [5.74, 6) is 3.65. The Bertz CT molecular complexity index is 350. The molecule has 1 rings (SSSR count). The molecule has 16 heavy (non-hydrogen) atoms. The van der Waals surface area contributed by atoms with E-state index in [0.717, 1.165) is 33.9 Å². The lowest BCUT2D eigenvalue weighted by Crippen LogP contribution is -2.02. The van der Waals surface area contributed by atoms with Crippen molar-refractivity contribution >= 4 is 17.6 Å². The van der Waals surface area contributed by atoms with Gasteiger partial charge in [-0.25, -0.2) is 9.97 Å². The van der Waals surface area contributed by atoms with E-state index in [9.17, 15) is 0 Å². The van der Waals surface area contributed by atoms with Crippen LogP contribution in [0.5, 0.6) is 0 Å². The maximum Gasteiger partial charge on any atom is 0.133 e. The molecule has 1 heterocycles. The molecule has 0 amide bonds. The fraction of sp³-hybridized carbons (Fsp3) is 0.667. The van der Waals surface area contributed by atoms with Crippen LogP contribution >= 0.6 is 11.8 Å². The van der Waals surface area contributed by atoms with E-state index in [1.165, 1.54) is 6.42 Å². The second-order valence-corrected chi connectivity index (χ2v) is 5.41. The molecule has 0 bridgehead atoms. The highest BCUT2D eigenvalue weighted by molar-refractivity contribution is 7.99. The molecule has 0 saturated heterocycles. The quantitative estimate of drug-likeness (QED) is 0.632. The zero-order valence-corrected chi connectivity index (χ0v) is 11.6. The molecular formula is C12H21N3S. The number of thioether (sulfide) groups is 1. The molecule has 1 aromatic rings. The lowest BCUT2D eigenvalue weighted by molar-refractivity contribution is 0.631. The average molecular weight is 239 g/mol. The predicted molar refractivity (Wildman–Crippen MR) is 71.2 cm³/mol. The van der Waals surface area contributed by atoms with Gasteiger partial charge in [0.1, 0.15) is 16.7 Å². The van der Waals surface area contributed by atoms with Gasteiger partial charge in [0.05, 0.1) is 0 Å². The molecule has 1 N–H and O–H groups in total. The van der Waals surface area contributed by atoms with Gasteiger partial charge in [-0.3, -0.25) is 0 Å². The summed E-state index contributed by atoms with van der Waals surface area (Å²) in [6.45, 7) is 8.51. The Kier molecular flexibility index (Phi) is 5.06. The third-order valence-corrected chi connectivity index (χ3v) is 3.49. The molecule has 0 fully saturated rings. The van der Waals surface area contributed by atoms with Crippen LogP contribution in [0, 0.1) is 19.8 Å². The lowest BCUT2D eigenvalue weighted by atomic mass is 10.2. The second kappa shape index (κ2) is 6.09. The number of hydrogen-bond acceptors (Lipinski definition) is 4. The van der Waals surface area contributed by atoms with Gasteiger partial charge >= 0.3 is 0 Å². The zero-order valence-electron chi connectivity index (χ0n) is 10.8. The molecule has 4 heteroatoms. The van der Waals surface area contributed by atoms with Crippen molar-refractivity contribution in [3.05, 3.63) is 11.4 Å². The van der Waals surface area contributed by atoms with Crippen molar-refractivity contribution in [1.82, 2.24) is 9.97 Å². The predicted octanol–water partition coefficient (Wildman–Crippen LogP) is 3.27. The average Bonchev–Trinajstić information content (AvgIpc) is 2.22. The number of aromatic nitrogens is 2. The molecule has 0 saturated carbocycles. The fourth-order valence-electron chi connectivity index (χ4n) is 1.38. The van der Waals surface area contributed by atoms with Gasteiger partial charge in [-0.15, -0.1) is 11.8 Å². The largest absolute Gasteiger partial charge is 0.373 e. The van der Waals surface area contributed by atoms with Gasteiger partial charge in [-0.2, -0.15) is 0 Å². The van der Waals surface area contributed by atoms with Crippen molar-refractivity contribution in [2.24, 2.45) is 5.92 Å². The van der Waals surface area contributed by atoms with E-state index in [2.05, 4.69) is 36.1 Å². The van der Waals surface area contributed by atoms with Crippen molar-refractivity contribution in [1.29, 1.82) is 0 Å². The van der Waals surface area contributed by atoms with Crippen LogP contribution < -0.4 is 5.32 Å². The van der Waals surface area contributed by atoms with Crippen LogP contribution in [0.2, 0.25) is 0 Å². The summed E-state index contributed by atoms with van der Waals surface area (Å²) >= 11 is 1.83. The highest BCUT2D eigenvalue weighted by Gasteiger charge is 2.08. The molecule has 0 aliphatic carbocycles. The zero-order chi connectivity index (χ0) is 12.1. The number of aryl methyl sites for hydroxylation is 1. The molecule has 0 radical (unpaired) electrons. The van der Waals surface area contributed by atoms with Crippen molar-refractivity contribution in [3.63, 3.8) is 0 Å². The SMILES string of the molecule is CNc1nc(C)nc(SCCC(C)C)c1C. The minimum absolute atomic E-state index is 0.750. The standard InChI is InChI=1S/C12H21N3S/c1-8(2)6-7-16-12-9(3)11(13-5)14-10(4)15-12/h8H,6-7H2,1-5H3,(H,13,14,15). The normalized spacial score (nSPS) is 10.9. The van der Waals surface area contributed by atoms with E-state index in [4.69, 9.17) is 0 Å². The van der Waals surface area contributed by atoms with E-state index < -0.39 is 0 Å². The molecule has 0 atom stereocenters. The summed E-state index contributed by atoms with van der Waals surface area (Å²) in [6, 6.07) is 0. The van der Waals surface area contributed by atoms with Gasteiger partial charge < -0.3 is 5.32 Å². The molecule has 0 aliphatic heterocycles. The van der Waals surface area contributed by atoms with Crippen molar-refractivity contribution in [2.45, 2.75) is 39.1 Å². The number of nitrogens with one attached hydrogen (secondary N) is 1. The number of rotatable bonds is 5. The third-order valence-electron chi connectivity index (χ3n) is 2.38. The van der Waals surface area contributed by atoms with Gasteiger partial charge in [-0.1, -0.05) is 13.8 Å². The summed E-state index contributed by atoms with van der Waals surface area (Å²) in [5.41, 5.74) is 1.15. The van der Waals surface area contributed by atoms with Crippen molar-refractivity contribution in [3.8, 4) is 0 Å². The Labute approximate surface area is 102 Å². The van der Waals surface area contributed by atoms with E-state index in [1.807, 2.05) is 25.7 Å². The van der Waals surface area contributed by atoms with Gasteiger partial charge in [0, 0.05) is 12.6 Å². The molecule has 3 nitrogen and oxygen atoms in total. The van der Waals surface area contributed by atoms with Crippen LogP contribution in [0.3, 0.4) is 0 Å². The highest BCUT2D eigenvalue weighted by atomic mass is 32.2. The summed E-state index contributed by atoms with van der Waals surface area (Å²) < 4.78 is 0. The third kappa shape index (κ3) is 3.67. The molecule has 90 valence electrons. The lowest BCUT2D eigenvalue weighted by Gasteiger charge is -2.10. The molecular weight excluding hydrogens is 218 g/mol. The first-order chi connectivity index (χ1) is 7.54. The molecule has 0 unspecified atom stereocenters. The maximum atomic E-state index is 4.49. The topological polar surface area (TPSA) is 37.8 Å². The van der Waals surface area contributed by atoms with Crippen LogP contribution in [0.25, 0.3) is 0 Å². The Morgan fingerprint density at radius 1 is 1.25 bits per heavy atom. The minimum atomic E-state index is 0.750. The molecule has 0 aliphatic rings. The maximum absolute atomic E-state index is 4.49. The summed E-state index contributed by atoms with van der Waals surface area (Å²) in [4.78, 5) is 8.85. The molecule has 0 spiro atoms. The first kappa shape index (κ1) is 13.3. The Hall–Kier alpha value is -0.770. The molecule has 1 aromatic heterocycles. The smallest absolute Gasteiger partial charge is 0.133 e. The van der Waals surface area contributed by atoms with E-state index >= 15 is 0 Å².